The first-order valence-electron chi connectivity index (χ1n) is 5.43. The van der Waals surface area contributed by atoms with Crippen molar-refractivity contribution in [1.82, 2.24) is 5.43 Å². The number of halogens is 1. The third-order valence-corrected chi connectivity index (χ3v) is 2.65. The molecule has 0 aliphatic carbocycles. The van der Waals surface area contributed by atoms with Gasteiger partial charge >= 0.3 is 0 Å². The SMILES string of the molecule is CC/C(C)=N\NC(=O)CNc1cccc(Br)c1. The first-order valence-corrected chi connectivity index (χ1v) is 6.22. The van der Waals surface area contributed by atoms with E-state index in [1.54, 1.807) is 0 Å². The molecule has 0 spiro atoms. The predicted octanol–water partition coefficient (Wildman–Crippen LogP) is 2.76. The summed E-state index contributed by atoms with van der Waals surface area (Å²) in [6.07, 6.45) is 0.833. The zero-order valence-electron chi connectivity index (χ0n) is 9.96. The first kappa shape index (κ1) is 13.7. The van der Waals surface area contributed by atoms with E-state index in [0.717, 1.165) is 22.3 Å². The van der Waals surface area contributed by atoms with Gasteiger partial charge in [0.15, 0.2) is 0 Å². The molecule has 0 saturated carbocycles. The van der Waals surface area contributed by atoms with Crippen LogP contribution < -0.4 is 10.7 Å². The Morgan fingerprint density at radius 3 is 2.88 bits per heavy atom. The number of hydrogen-bond acceptors (Lipinski definition) is 3. The van der Waals surface area contributed by atoms with Crippen molar-refractivity contribution in [1.29, 1.82) is 0 Å². The lowest BCUT2D eigenvalue weighted by Crippen LogP contribution is -2.26. The van der Waals surface area contributed by atoms with Crippen LogP contribution in [0.1, 0.15) is 20.3 Å². The topological polar surface area (TPSA) is 53.5 Å². The van der Waals surface area contributed by atoms with E-state index in [-0.39, 0.29) is 12.5 Å². The van der Waals surface area contributed by atoms with Gasteiger partial charge in [-0.05, 0) is 31.5 Å². The highest BCUT2D eigenvalue weighted by molar-refractivity contribution is 9.10. The summed E-state index contributed by atoms with van der Waals surface area (Å²) in [6, 6.07) is 7.65. The molecule has 0 heterocycles. The van der Waals surface area contributed by atoms with Crippen molar-refractivity contribution in [3.8, 4) is 0 Å². The minimum absolute atomic E-state index is 0.155. The summed E-state index contributed by atoms with van der Waals surface area (Å²) in [5.41, 5.74) is 4.29. The molecule has 1 aromatic rings. The molecule has 0 atom stereocenters. The van der Waals surface area contributed by atoms with Crippen LogP contribution >= 0.6 is 15.9 Å². The van der Waals surface area contributed by atoms with E-state index in [1.165, 1.54) is 0 Å². The molecule has 0 bridgehead atoms. The van der Waals surface area contributed by atoms with Gasteiger partial charge in [-0.2, -0.15) is 5.10 Å². The largest absolute Gasteiger partial charge is 0.376 e. The molecule has 5 heteroatoms. The molecule has 0 unspecified atom stereocenters. The number of hydrogen-bond donors (Lipinski definition) is 2. The van der Waals surface area contributed by atoms with Gasteiger partial charge in [-0.15, -0.1) is 0 Å². The fourth-order valence-corrected chi connectivity index (χ4v) is 1.46. The monoisotopic (exact) mass is 297 g/mol. The van der Waals surface area contributed by atoms with Gasteiger partial charge in [0.05, 0.1) is 6.54 Å². The summed E-state index contributed by atoms with van der Waals surface area (Å²) in [6.45, 7) is 4.07. The lowest BCUT2D eigenvalue weighted by molar-refractivity contribution is -0.119. The average molecular weight is 298 g/mol. The number of amides is 1. The lowest BCUT2D eigenvalue weighted by atomic mass is 10.3. The number of benzene rings is 1. The van der Waals surface area contributed by atoms with E-state index in [9.17, 15) is 4.79 Å². The van der Waals surface area contributed by atoms with Crippen molar-refractivity contribution in [2.45, 2.75) is 20.3 Å². The zero-order chi connectivity index (χ0) is 12.7. The highest BCUT2D eigenvalue weighted by Crippen LogP contribution is 2.14. The Morgan fingerprint density at radius 2 is 2.24 bits per heavy atom. The van der Waals surface area contributed by atoms with Crippen LogP contribution in [0.25, 0.3) is 0 Å². The molecular weight excluding hydrogens is 282 g/mol. The Labute approximate surface area is 110 Å². The summed E-state index contributed by atoms with van der Waals surface area (Å²) < 4.78 is 0.975. The molecular formula is C12H16BrN3O. The van der Waals surface area contributed by atoms with Crippen molar-refractivity contribution in [3.05, 3.63) is 28.7 Å². The van der Waals surface area contributed by atoms with Gasteiger partial charge in [0, 0.05) is 15.9 Å². The number of nitrogens with zero attached hydrogens (tertiary/aromatic N) is 1. The van der Waals surface area contributed by atoms with Crippen molar-refractivity contribution in [3.63, 3.8) is 0 Å². The van der Waals surface area contributed by atoms with Crippen LogP contribution in [0.4, 0.5) is 5.69 Å². The maximum Gasteiger partial charge on any atom is 0.259 e. The normalized spacial score (nSPS) is 11.1. The van der Waals surface area contributed by atoms with Crippen molar-refractivity contribution in [2.75, 3.05) is 11.9 Å². The minimum Gasteiger partial charge on any atom is -0.376 e. The van der Waals surface area contributed by atoms with Gasteiger partial charge in [-0.25, -0.2) is 5.43 Å². The summed E-state index contributed by atoms with van der Waals surface area (Å²) in [4.78, 5) is 11.4. The predicted molar refractivity (Wildman–Crippen MR) is 74.2 cm³/mol. The first-order chi connectivity index (χ1) is 8.11. The molecule has 4 nitrogen and oxygen atoms in total. The third-order valence-electron chi connectivity index (χ3n) is 2.16. The molecule has 0 aromatic heterocycles. The van der Waals surface area contributed by atoms with Crippen molar-refractivity contribution in [2.24, 2.45) is 5.10 Å². The minimum atomic E-state index is -0.155. The molecule has 1 amide bonds. The molecule has 1 rings (SSSR count). The quantitative estimate of drug-likeness (QED) is 0.649. The van der Waals surface area contributed by atoms with Crippen LogP contribution in [-0.2, 0) is 4.79 Å². The second kappa shape index (κ2) is 7.06. The fraction of sp³-hybridized carbons (Fsp3) is 0.333. The van der Waals surface area contributed by atoms with Gasteiger partial charge in [0.2, 0.25) is 0 Å². The molecule has 0 aliphatic heterocycles. The standard InChI is InChI=1S/C12H16BrN3O/c1-3-9(2)15-16-12(17)8-14-11-6-4-5-10(13)7-11/h4-7,14H,3,8H2,1-2H3,(H,16,17)/b15-9-. The maximum absolute atomic E-state index is 11.4. The van der Waals surface area contributed by atoms with Gasteiger partial charge < -0.3 is 5.32 Å². The molecule has 0 fully saturated rings. The second-order valence-electron chi connectivity index (χ2n) is 3.60. The summed E-state index contributed by atoms with van der Waals surface area (Å²) in [5.74, 6) is -0.155. The summed E-state index contributed by atoms with van der Waals surface area (Å²) in [5, 5.41) is 6.96. The van der Waals surface area contributed by atoms with Crippen molar-refractivity contribution < 1.29 is 4.79 Å². The van der Waals surface area contributed by atoms with Gasteiger partial charge in [-0.3, -0.25) is 4.79 Å². The number of rotatable bonds is 5. The van der Waals surface area contributed by atoms with Gasteiger partial charge in [-0.1, -0.05) is 28.9 Å². The molecule has 0 saturated heterocycles. The van der Waals surface area contributed by atoms with E-state index in [1.807, 2.05) is 38.1 Å². The average Bonchev–Trinajstić information content (AvgIpc) is 2.33. The molecule has 17 heavy (non-hydrogen) atoms. The Bertz CT molecular complexity index is 418. The Kier molecular flexibility index (Phi) is 5.69. The van der Waals surface area contributed by atoms with Crippen LogP contribution in [-0.4, -0.2) is 18.2 Å². The van der Waals surface area contributed by atoms with Crippen LogP contribution in [0.2, 0.25) is 0 Å². The van der Waals surface area contributed by atoms with E-state index in [0.29, 0.717) is 0 Å². The summed E-state index contributed by atoms with van der Waals surface area (Å²) >= 11 is 3.37. The molecule has 2 N–H and O–H groups in total. The van der Waals surface area contributed by atoms with Crippen LogP contribution in [0.3, 0.4) is 0 Å². The van der Waals surface area contributed by atoms with Crippen LogP contribution in [0, 0.1) is 0 Å². The highest BCUT2D eigenvalue weighted by atomic mass is 79.9. The van der Waals surface area contributed by atoms with Gasteiger partial charge in [0.25, 0.3) is 5.91 Å². The Balaban J connectivity index is 2.38. The summed E-state index contributed by atoms with van der Waals surface area (Å²) in [7, 11) is 0. The van der Waals surface area contributed by atoms with E-state index < -0.39 is 0 Å². The zero-order valence-corrected chi connectivity index (χ0v) is 11.5. The number of carbonyl (C=O) groups is 1. The molecule has 0 radical (unpaired) electrons. The third kappa shape index (κ3) is 5.49. The molecule has 0 aliphatic rings. The number of nitrogens with one attached hydrogen (secondary N) is 2. The second-order valence-corrected chi connectivity index (χ2v) is 4.52. The molecule has 92 valence electrons. The van der Waals surface area contributed by atoms with E-state index in [4.69, 9.17) is 0 Å². The van der Waals surface area contributed by atoms with Gasteiger partial charge in [0.1, 0.15) is 0 Å². The van der Waals surface area contributed by atoms with Crippen LogP contribution in [0.5, 0.6) is 0 Å². The van der Waals surface area contributed by atoms with Crippen LogP contribution in [0.15, 0.2) is 33.8 Å². The Morgan fingerprint density at radius 1 is 1.47 bits per heavy atom. The maximum atomic E-state index is 11.4. The molecule has 1 aromatic carbocycles. The number of hydrazone groups is 1. The number of anilines is 1. The Hall–Kier alpha value is -1.36. The number of carbonyl (C=O) groups excluding carboxylic acids is 1. The smallest absolute Gasteiger partial charge is 0.259 e. The highest BCUT2D eigenvalue weighted by Gasteiger charge is 2.00. The van der Waals surface area contributed by atoms with E-state index >= 15 is 0 Å². The van der Waals surface area contributed by atoms with E-state index in [2.05, 4.69) is 31.8 Å². The van der Waals surface area contributed by atoms with Crippen molar-refractivity contribution >= 4 is 33.2 Å². The fourth-order valence-electron chi connectivity index (χ4n) is 1.06. The lowest BCUT2D eigenvalue weighted by Gasteiger charge is -2.05.